The molecule has 1 aliphatic heterocycles. The predicted molar refractivity (Wildman–Crippen MR) is 87.2 cm³/mol. The van der Waals surface area contributed by atoms with Gasteiger partial charge in [0.05, 0.1) is 18.6 Å². The van der Waals surface area contributed by atoms with Gasteiger partial charge in [0.1, 0.15) is 10.8 Å². The van der Waals surface area contributed by atoms with E-state index in [1.54, 1.807) is 12.3 Å². The van der Waals surface area contributed by atoms with Crippen LogP contribution in [0, 0.1) is 0 Å². The summed E-state index contributed by atoms with van der Waals surface area (Å²) in [5.41, 5.74) is -0.141. The number of hydrogen-bond acceptors (Lipinski definition) is 6. The summed E-state index contributed by atoms with van der Waals surface area (Å²) in [5.74, 6) is 0.495. The summed E-state index contributed by atoms with van der Waals surface area (Å²) < 4.78 is 12.1. The Bertz CT molecular complexity index is 732. The number of carbonyl (C=O) groups excluding carboxylic acids is 1. The van der Waals surface area contributed by atoms with Gasteiger partial charge in [0, 0.05) is 19.3 Å². The zero-order valence-corrected chi connectivity index (χ0v) is 14.1. The lowest BCUT2D eigenvalue weighted by Gasteiger charge is -2.26. The lowest BCUT2D eigenvalue weighted by Crippen LogP contribution is -2.37. The third-order valence-corrected chi connectivity index (χ3v) is 3.66. The van der Waals surface area contributed by atoms with Crippen LogP contribution in [0.15, 0.2) is 12.3 Å². The molecule has 1 aliphatic rings. The summed E-state index contributed by atoms with van der Waals surface area (Å²) in [4.78, 5) is 23.2. The Morgan fingerprint density at radius 2 is 2.00 bits per heavy atom. The number of carbonyl (C=O) groups is 1. The van der Waals surface area contributed by atoms with Gasteiger partial charge in [-0.2, -0.15) is 4.98 Å². The number of halogens is 1. The number of rotatable bonds is 1. The van der Waals surface area contributed by atoms with Gasteiger partial charge < -0.3 is 14.4 Å². The molecule has 2 aromatic heterocycles. The van der Waals surface area contributed by atoms with Crippen molar-refractivity contribution in [2.24, 2.45) is 0 Å². The molecule has 0 N–H and O–H groups in total. The smallest absolute Gasteiger partial charge is 0.420 e. The number of hydrogen-bond donors (Lipinski definition) is 0. The van der Waals surface area contributed by atoms with Crippen molar-refractivity contribution in [3.8, 4) is 0 Å². The van der Waals surface area contributed by atoms with Crippen molar-refractivity contribution in [1.82, 2.24) is 14.5 Å². The Hall–Kier alpha value is -1.86. The second-order valence-corrected chi connectivity index (χ2v) is 6.68. The van der Waals surface area contributed by atoms with E-state index in [2.05, 4.69) is 9.97 Å². The summed E-state index contributed by atoms with van der Waals surface area (Å²) >= 11 is 6.26. The number of anilines is 1. The molecule has 0 aliphatic carbocycles. The van der Waals surface area contributed by atoms with Gasteiger partial charge in [-0.3, -0.25) is 0 Å². The van der Waals surface area contributed by atoms with Crippen LogP contribution in [0.3, 0.4) is 0 Å². The van der Waals surface area contributed by atoms with Crippen molar-refractivity contribution < 1.29 is 14.3 Å². The largest absolute Gasteiger partial charge is 0.443 e. The van der Waals surface area contributed by atoms with Crippen LogP contribution in [0.2, 0.25) is 5.15 Å². The van der Waals surface area contributed by atoms with E-state index in [9.17, 15) is 4.79 Å². The molecular weight excluding hydrogens is 320 g/mol. The lowest BCUT2D eigenvalue weighted by atomic mass is 10.2. The monoisotopic (exact) mass is 338 g/mol. The van der Waals surface area contributed by atoms with E-state index < -0.39 is 11.7 Å². The SMILES string of the molecule is CC(C)(C)OC(=O)n1ccc2c(Cl)nc(N3CCOCC3)nc21. The van der Waals surface area contributed by atoms with Gasteiger partial charge in [-0.05, 0) is 26.8 Å². The Kier molecular flexibility index (Phi) is 4.16. The average molecular weight is 339 g/mol. The fourth-order valence-corrected chi connectivity index (χ4v) is 2.55. The number of morpholine rings is 1. The summed E-state index contributed by atoms with van der Waals surface area (Å²) in [6, 6.07) is 1.71. The van der Waals surface area contributed by atoms with Crippen LogP contribution in [0.5, 0.6) is 0 Å². The van der Waals surface area contributed by atoms with Crippen LogP contribution in [0.4, 0.5) is 10.7 Å². The molecule has 2 aromatic rings. The van der Waals surface area contributed by atoms with Gasteiger partial charge in [-0.1, -0.05) is 11.6 Å². The molecule has 0 radical (unpaired) electrons. The van der Waals surface area contributed by atoms with Crippen LogP contribution in [-0.2, 0) is 9.47 Å². The average Bonchev–Trinajstić information content (AvgIpc) is 2.91. The van der Waals surface area contributed by atoms with Gasteiger partial charge in [0.2, 0.25) is 5.95 Å². The van der Waals surface area contributed by atoms with Gasteiger partial charge in [0.25, 0.3) is 0 Å². The van der Waals surface area contributed by atoms with Crippen molar-refractivity contribution in [2.75, 3.05) is 31.2 Å². The third kappa shape index (κ3) is 3.40. The highest BCUT2D eigenvalue weighted by Gasteiger charge is 2.22. The molecule has 8 heteroatoms. The molecule has 0 bridgehead atoms. The van der Waals surface area contributed by atoms with Crippen molar-refractivity contribution in [1.29, 1.82) is 0 Å². The first-order valence-electron chi connectivity index (χ1n) is 7.46. The van der Waals surface area contributed by atoms with E-state index >= 15 is 0 Å². The quantitative estimate of drug-likeness (QED) is 0.745. The van der Waals surface area contributed by atoms with E-state index in [0.29, 0.717) is 48.4 Å². The molecule has 23 heavy (non-hydrogen) atoms. The summed E-state index contributed by atoms with van der Waals surface area (Å²) in [7, 11) is 0. The summed E-state index contributed by atoms with van der Waals surface area (Å²) in [6.07, 6.45) is 1.11. The molecule has 0 atom stereocenters. The summed E-state index contributed by atoms with van der Waals surface area (Å²) in [6.45, 7) is 8.06. The Balaban J connectivity index is 2.00. The minimum absolute atomic E-state index is 0.318. The zero-order valence-electron chi connectivity index (χ0n) is 13.4. The van der Waals surface area contributed by atoms with Gasteiger partial charge in [-0.15, -0.1) is 0 Å². The van der Waals surface area contributed by atoms with E-state index in [0.717, 1.165) is 0 Å². The van der Waals surface area contributed by atoms with Crippen molar-refractivity contribution >= 4 is 34.7 Å². The second-order valence-electron chi connectivity index (χ2n) is 6.32. The maximum absolute atomic E-state index is 12.3. The van der Waals surface area contributed by atoms with E-state index in [1.807, 2.05) is 25.7 Å². The molecule has 0 aromatic carbocycles. The number of aromatic nitrogens is 3. The zero-order chi connectivity index (χ0) is 16.6. The van der Waals surface area contributed by atoms with E-state index in [1.165, 1.54) is 4.57 Å². The van der Waals surface area contributed by atoms with Crippen LogP contribution in [-0.4, -0.2) is 52.5 Å². The number of ether oxygens (including phenoxy) is 2. The maximum atomic E-state index is 12.3. The molecule has 3 heterocycles. The van der Waals surface area contributed by atoms with Gasteiger partial charge >= 0.3 is 6.09 Å². The molecule has 1 fully saturated rings. The Morgan fingerprint density at radius 3 is 2.65 bits per heavy atom. The Morgan fingerprint density at radius 1 is 1.30 bits per heavy atom. The molecule has 0 saturated carbocycles. The fourth-order valence-electron chi connectivity index (χ4n) is 2.33. The highest BCUT2D eigenvalue weighted by atomic mass is 35.5. The minimum Gasteiger partial charge on any atom is -0.443 e. The molecule has 124 valence electrons. The van der Waals surface area contributed by atoms with Crippen LogP contribution >= 0.6 is 11.6 Å². The predicted octanol–water partition coefficient (Wildman–Crippen LogP) is 2.70. The lowest BCUT2D eigenvalue weighted by molar-refractivity contribution is 0.0543. The second kappa shape index (κ2) is 5.98. The van der Waals surface area contributed by atoms with Gasteiger partial charge in [0.15, 0.2) is 5.65 Å². The maximum Gasteiger partial charge on any atom is 0.420 e. The number of nitrogens with zero attached hydrogens (tertiary/aromatic N) is 4. The fraction of sp³-hybridized carbons (Fsp3) is 0.533. The summed E-state index contributed by atoms with van der Waals surface area (Å²) in [5, 5.41) is 0.938. The van der Waals surface area contributed by atoms with E-state index in [4.69, 9.17) is 21.1 Å². The molecule has 3 rings (SSSR count). The standard InChI is InChI=1S/C15H19ClN4O3/c1-15(2,3)23-14(21)20-5-4-10-11(16)17-13(18-12(10)20)19-6-8-22-9-7-19/h4-5H,6-9H2,1-3H3. The highest BCUT2D eigenvalue weighted by Crippen LogP contribution is 2.25. The third-order valence-electron chi connectivity index (χ3n) is 3.37. The first kappa shape index (κ1) is 16.0. The highest BCUT2D eigenvalue weighted by molar-refractivity contribution is 6.34. The molecule has 0 unspecified atom stereocenters. The molecule has 1 saturated heterocycles. The molecule has 7 nitrogen and oxygen atoms in total. The minimum atomic E-state index is -0.586. The van der Waals surface area contributed by atoms with Crippen LogP contribution in [0.1, 0.15) is 20.8 Å². The van der Waals surface area contributed by atoms with E-state index in [-0.39, 0.29) is 0 Å². The molecule has 0 spiro atoms. The first-order valence-corrected chi connectivity index (χ1v) is 7.83. The first-order chi connectivity index (χ1) is 10.8. The van der Waals surface area contributed by atoms with Crippen LogP contribution < -0.4 is 4.90 Å². The molecule has 0 amide bonds. The normalized spacial score (nSPS) is 15.9. The topological polar surface area (TPSA) is 69.5 Å². The number of fused-ring (bicyclic) bond motifs is 1. The van der Waals surface area contributed by atoms with Gasteiger partial charge in [-0.25, -0.2) is 14.3 Å². The van der Waals surface area contributed by atoms with Crippen LogP contribution in [0.25, 0.3) is 11.0 Å². The van der Waals surface area contributed by atoms with Crippen molar-refractivity contribution in [3.05, 3.63) is 17.4 Å². The van der Waals surface area contributed by atoms with Crippen molar-refractivity contribution in [3.63, 3.8) is 0 Å². The molecular formula is C15H19ClN4O3. The van der Waals surface area contributed by atoms with Crippen molar-refractivity contribution in [2.45, 2.75) is 26.4 Å². The Labute approximate surface area is 139 Å².